The Morgan fingerprint density at radius 2 is 2.06 bits per heavy atom. The first-order valence-corrected chi connectivity index (χ1v) is 6.20. The SMILES string of the molecule is Cc1nc(C)c(C(NN)c2cccc(F)c2F)s1. The summed E-state index contributed by atoms with van der Waals surface area (Å²) in [6.45, 7) is 3.68. The van der Waals surface area contributed by atoms with E-state index in [2.05, 4.69) is 10.4 Å². The fourth-order valence-corrected chi connectivity index (χ4v) is 2.87. The third-order valence-electron chi connectivity index (χ3n) is 2.66. The molecule has 0 aliphatic carbocycles. The second-order valence-corrected chi connectivity index (χ2v) is 5.16. The van der Waals surface area contributed by atoms with Crippen LogP contribution in [0.1, 0.15) is 27.2 Å². The molecule has 1 atom stereocenters. The second kappa shape index (κ2) is 5.09. The number of nitrogens with two attached hydrogens (primary N) is 1. The molecule has 1 heterocycles. The first-order chi connectivity index (χ1) is 8.54. The summed E-state index contributed by atoms with van der Waals surface area (Å²) in [7, 11) is 0. The molecule has 2 aromatic rings. The van der Waals surface area contributed by atoms with Crippen LogP contribution in [0.25, 0.3) is 0 Å². The third-order valence-corrected chi connectivity index (χ3v) is 3.80. The molecule has 0 aliphatic heterocycles. The molecule has 0 saturated carbocycles. The lowest BCUT2D eigenvalue weighted by molar-refractivity contribution is 0.484. The Balaban J connectivity index is 2.52. The zero-order chi connectivity index (χ0) is 13.3. The van der Waals surface area contributed by atoms with Crippen LogP contribution in [-0.4, -0.2) is 4.98 Å². The van der Waals surface area contributed by atoms with Crippen molar-refractivity contribution in [1.82, 2.24) is 10.4 Å². The average molecular weight is 269 g/mol. The fourth-order valence-electron chi connectivity index (χ4n) is 1.87. The monoisotopic (exact) mass is 269 g/mol. The van der Waals surface area contributed by atoms with E-state index in [-0.39, 0.29) is 5.56 Å². The molecule has 0 aliphatic rings. The van der Waals surface area contributed by atoms with E-state index in [0.717, 1.165) is 21.6 Å². The fraction of sp³-hybridized carbons (Fsp3) is 0.250. The Morgan fingerprint density at radius 3 is 2.61 bits per heavy atom. The maximum Gasteiger partial charge on any atom is 0.164 e. The van der Waals surface area contributed by atoms with Crippen molar-refractivity contribution >= 4 is 11.3 Å². The van der Waals surface area contributed by atoms with E-state index in [9.17, 15) is 8.78 Å². The molecule has 2 rings (SSSR count). The van der Waals surface area contributed by atoms with Crippen molar-refractivity contribution in [1.29, 1.82) is 0 Å². The molecule has 0 bridgehead atoms. The molecule has 0 saturated heterocycles. The van der Waals surface area contributed by atoms with E-state index in [1.165, 1.54) is 23.5 Å². The Bertz CT molecular complexity index is 568. The van der Waals surface area contributed by atoms with Crippen molar-refractivity contribution in [3.05, 3.63) is 51.0 Å². The van der Waals surface area contributed by atoms with E-state index in [1.807, 2.05) is 13.8 Å². The van der Waals surface area contributed by atoms with Gasteiger partial charge in [-0.3, -0.25) is 5.84 Å². The lowest BCUT2D eigenvalue weighted by atomic mass is 10.0. The number of hydrazine groups is 1. The number of aromatic nitrogens is 1. The predicted octanol–water partition coefficient (Wildman–Crippen LogP) is 2.59. The molecule has 1 aromatic heterocycles. The maximum atomic E-state index is 13.8. The van der Waals surface area contributed by atoms with Crippen molar-refractivity contribution in [3.8, 4) is 0 Å². The van der Waals surface area contributed by atoms with Crippen LogP contribution in [0.3, 0.4) is 0 Å². The summed E-state index contributed by atoms with van der Waals surface area (Å²) in [4.78, 5) is 5.06. The van der Waals surface area contributed by atoms with E-state index < -0.39 is 17.7 Å². The molecule has 1 unspecified atom stereocenters. The number of hydrogen-bond acceptors (Lipinski definition) is 4. The smallest absolute Gasteiger partial charge is 0.164 e. The van der Waals surface area contributed by atoms with Crippen molar-refractivity contribution in [2.24, 2.45) is 5.84 Å². The van der Waals surface area contributed by atoms with Gasteiger partial charge in [0.25, 0.3) is 0 Å². The van der Waals surface area contributed by atoms with Gasteiger partial charge in [-0.2, -0.15) is 0 Å². The number of thiazole rings is 1. The van der Waals surface area contributed by atoms with Gasteiger partial charge in [-0.25, -0.2) is 19.2 Å². The predicted molar refractivity (Wildman–Crippen MR) is 67.1 cm³/mol. The zero-order valence-corrected chi connectivity index (χ0v) is 10.8. The molecule has 96 valence electrons. The molecule has 3 nitrogen and oxygen atoms in total. The van der Waals surface area contributed by atoms with Gasteiger partial charge in [-0.1, -0.05) is 12.1 Å². The summed E-state index contributed by atoms with van der Waals surface area (Å²) in [6, 6.07) is 3.46. The standard InChI is InChI=1S/C12H13F2N3S/c1-6-12(18-7(2)16-6)11(17-15)8-4-3-5-9(13)10(8)14/h3-5,11,17H,15H2,1-2H3. The Labute approximate surface area is 108 Å². The molecular weight excluding hydrogens is 256 g/mol. The Kier molecular flexibility index (Phi) is 3.70. The van der Waals surface area contributed by atoms with E-state index in [4.69, 9.17) is 5.84 Å². The molecule has 0 radical (unpaired) electrons. The van der Waals surface area contributed by atoms with Crippen LogP contribution < -0.4 is 11.3 Å². The molecule has 0 amide bonds. The molecular formula is C12H13F2N3S. The highest BCUT2D eigenvalue weighted by atomic mass is 32.1. The Morgan fingerprint density at radius 1 is 1.33 bits per heavy atom. The molecule has 6 heteroatoms. The zero-order valence-electron chi connectivity index (χ0n) is 10.00. The van der Waals surface area contributed by atoms with Crippen molar-refractivity contribution < 1.29 is 8.78 Å². The summed E-state index contributed by atoms with van der Waals surface area (Å²) < 4.78 is 27.0. The van der Waals surface area contributed by atoms with Gasteiger partial charge in [-0.15, -0.1) is 11.3 Å². The van der Waals surface area contributed by atoms with Crippen LogP contribution >= 0.6 is 11.3 Å². The highest BCUT2D eigenvalue weighted by molar-refractivity contribution is 7.11. The van der Waals surface area contributed by atoms with Crippen LogP contribution in [0.5, 0.6) is 0 Å². The summed E-state index contributed by atoms with van der Waals surface area (Å²) in [5, 5.41) is 0.861. The van der Waals surface area contributed by atoms with Gasteiger partial charge in [0.1, 0.15) is 0 Å². The lowest BCUT2D eigenvalue weighted by Crippen LogP contribution is -2.29. The van der Waals surface area contributed by atoms with Crippen LogP contribution in [-0.2, 0) is 0 Å². The van der Waals surface area contributed by atoms with Crippen LogP contribution in [0.4, 0.5) is 8.78 Å². The number of rotatable bonds is 3. The summed E-state index contributed by atoms with van der Waals surface area (Å²) in [6.07, 6.45) is 0. The molecule has 0 fully saturated rings. The average Bonchev–Trinajstić information content (AvgIpc) is 2.65. The van der Waals surface area contributed by atoms with Gasteiger partial charge < -0.3 is 0 Å². The molecule has 0 spiro atoms. The summed E-state index contributed by atoms with van der Waals surface area (Å²) in [5.41, 5.74) is 3.47. The third kappa shape index (κ3) is 2.27. The van der Waals surface area contributed by atoms with Crippen molar-refractivity contribution in [2.45, 2.75) is 19.9 Å². The number of halogens is 2. The largest absolute Gasteiger partial charge is 0.271 e. The number of hydrogen-bond donors (Lipinski definition) is 2. The van der Waals surface area contributed by atoms with Crippen molar-refractivity contribution in [3.63, 3.8) is 0 Å². The van der Waals surface area contributed by atoms with Crippen LogP contribution in [0, 0.1) is 25.5 Å². The number of benzene rings is 1. The van der Waals surface area contributed by atoms with Gasteiger partial charge >= 0.3 is 0 Å². The first-order valence-electron chi connectivity index (χ1n) is 5.38. The lowest BCUT2D eigenvalue weighted by Gasteiger charge is -2.16. The van der Waals surface area contributed by atoms with E-state index >= 15 is 0 Å². The van der Waals surface area contributed by atoms with Gasteiger partial charge in [-0.05, 0) is 19.9 Å². The highest BCUT2D eigenvalue weighted by Gasteiger charge is 2.22. The highest BCUT2D eigenvalue weighted by Crippen LogP contribution is 2.31. The molecule has 1 aromatic carbocycles. The topological polar surface area (TPSA) is 50.9 Å². The summed E-state index contributed by atoms with van der Waals surface area (Å²) >= 11 is 1.41. The van der Waals surface area contributed by atoms with Crippen LogP contribution in [0.15, 0.2) is 18.2 Å². The Hall–Kier alpha value is -1.37. The minimum absolute atomic E-state index is 0.184. The van der Waals surface area contributed by atoms with Crippen molar-refractivity contribution in [2.75, 3.05) is 0 Å². The maximum absolute atomic E-state index is 13.8. The number of nitrogens with zero attached hydrogens (tertiary/aromatic N) is 1. The van der Waals surface area contributed by atoms with E-state index in [0.29, 0.717) is 0 Å². The minimum atomic E-state index is -0.883. The van der Waals surface area contributed by atoms with Gasteiger partial charge in [0.15, 0.2) is 11.6 Å². The van der Waals surface area contributed by atoms with Gasteiger partial charge in [0.2, 0.25) is 0 Å². The van der Waals surface area contributed by atoms with Crippen LogP contribution in [0.2, 0.25) is 0 Å². The minimum Gasteiger partial charge on any atom is -0.271 e. The molecule has 18 heavy (non-hydrogen) atoms. The number of nitrogens with one attached hydrogen (secondary N) is 1. The summed E-state index contributed by atoms with van der Waals surface area (Å²) in [5.74, 6) is 3.71. The second-order valence-electron chi connectivity index (χ2n) is 3.93. The first kappa shape index (κ1) is 13.1. The van der Waals surface area contributed by atoms with E-state index in [1.54, 1.807) is 0 Å². The molecule has 3 N–H and O–H groups in total. The normalized spacial score (nSPS) is 12.7. The van der Waals surface area contributed by atoms with Gasteiger partial charge in [0, 0.05) is 5.56 Å². The van der Waals surface area contributed by atoms with Gasteiger partial charge in [0.05, 0.1) is 21.6 Å². The quantitative estimate of drug-likeness (QED) is 0.665. The number of aryl methyl sites for hydroxylation is 2.